The number of halogens is 2. The van der Waals surface area contributed by atoms with Crippen molar-refractivity contribution in [2.75, 3.05) is 0 Å². The molecule has 2 aromatic heterocycles. The molecule has 102 valence electrons. The van der Waals surface area contributed by atoms with Crippen LogP contribution in [-0.2, 0) is 12.8 Å². The van der Waals surface area contributed by atoms with Gasteiger partial charge in [-0.1, -0.05) is 24.3 Å². The highest BCUT2D eigenvalue weighted by atomic mass is 79.9. The van der Waals surface area contributed by atoms with Crippen molar-refractivity contribution in [3.63, 3.8) is 0 Å². The maximum Gasteiger partial charge on any atom is 0.0317 e. The Morgan fingerprint density at radius 2 is 1.05 bits per heavy atom. The fourth-order valence-corrected chi connectivity index (χ4v) is 5.10. The van der Waals surface area contributed by atoms with Crippen LogP contribution in [0.1, 0.15) is 20.9 Å². The molecule has 0 fully saturated rings. The summed E-state index contributed by atoms with van der Waals surface area (Å²) in [6.07, 6.45) is 2.00. The van der Waals surface area contributed by atoms with Gasteiger partial charge in [-0.25, -0.2) is 0 Å². The van der Waals surface area contributed by atoms with Crippen molar-refractivity contribution in [1.82, 2.24) is 0 Å². The van der Waals surface area contributed by atoms with Gasteiger partial charge in [0.1, 0.15) is 0 Å². The lowest BCUT2D eigenvalue weighted by Gasteiger charge is -2.04. The van der Waals surface area contributed by atoms with Crippen LogP contribution in [0.3, 0.4) is 0 Å². The summed E-state index contributed by atoms with van der Waals surface area (Å²) in [7, 11) is 0. The lowest BCUT2D eigenvalue weighted by molar-refractivity contribution is 1.18. The van der Waals surface area contributed by atoms with E-state index in [1.165, 1.54) is 29.8 Å². The highest BCUT2D eigenvalue weighted by Crippen LogP contribution is 2.27. The Balaban J connectivity index is 1.72. The van der Waals surface area contributed by atoms with Crippen LogP contribution in [0.25, 0.3) is 0 Å². The molecular formula is C16H12Br2S2. The molecule has 0 aliphatic rings. The molecule has 0 aliphatic carbocycles. The second-order valence-electron chi connectivity index (χ2n) is 4.55. The van der Waals surface area contributed by atoms with Crippen molar-refractivity contribution in [2.45, 2.75) is 12.8 Å². The van der Waals surface area contributed by atoms with Crippen LogP contribution < -0.4 is 0 Å². The molecule has 20 heavy (non-hydrogen) atoms. The topological polar surface area (TPSA) is 0 Å². The molecule has 0 atom stereocenters. The molecule has 0 spiro atoms. The smallest absolute Gasteiger partial charge is 0.0317 e. The van der Waals surface area contributed by atoms with E-state index < -0.39 is 0 Å². The molecule has 0 nitrogen and oxygen atoms in total. The molecule has 4 heteroatoms. The van der Waals surface area contributed by atoms with E-state index in [0.717, 1.165) is 12.8 Å². The largest absolute Gasteiger partial charge is 0.147 e. The minimum atomic E-state index is 1.00. The van der Waals surface area contributed by atoms with Gasteiger partial charge < -0.3 is 0 Å². The van der Waals surface area contributed by atoms with Crippen LogP contribution in [0, 0.1) is 0 Å². The van der Waals surface area contributed by atoms with Gasteiger partial charge in [-0.2, -0.15) is 0 Å². The van der Waals surface area contributed by atoms with Crippen LogP contribution in [0.5, 0.6) is 0 Å². The number of thiophene rings is 2. The van der Waals surface area contributed by atoms with Gasteiger partial charge in [-0.15, -0.1) is 22.7 Å². The zero-order chi connectivity index (χ0) is 13.9. The van der Waals surface area contributed by atoms with Gasteiger partial charge in [-0.05, 0) is 65.9 Å². The van der Waals surface area contributed by atoms with Crippen molar-refractivity contribution in [1.29, 1.82) is 0 Å². The Hall–Kier alpha value is -0.420. The van der Waals surface area contributed by atoms with Crippen LogP contribution in [0.2, 0.25) is 0 Å². The molecule has 3 rings (SSSR count). The number of hydrogen-bond donors (Lipinski definition) is 0. The Kier molecular flexibility index (Phi) is 4.76. The molecule has 0 unspecified atom stereocenters. The molecule has 0 aliphatic heterocycles. The van der Waals surface area contributed by atoms with Gasteiger partial charge in [-0.3, -0.25) is 0 Å². The highest BCUT2D eigenvalue weighted by molar-refractivity contribution is 9.10. The zero-order valence-electron chi connectivity index (χ0n) is 10.6. The molecule has 2 heterocycles. The first-order chi connectivity index (χ1) is 9.72. The summed E-state index contributed by atoms with van der Waals surface area (Å²) >= 11 is 10.8. The fraction of sp³-hybridized carbons (Fsp3) is 0.125. The Labute approximate surface area is 143 Å². The first-order valence-corrected chi connectivity index (χ1v) is 9.58. The Morgan fingerprint density at radius 1 is 0.650 bits per heavy atom. The number of hydrogen-bond acceptors (Lipinski definition) is 2. The van der Waals surface area contributed by atoms with E-state index in [0.29, 0.717) is 0 Å². The quantitative estimate of drug-likeness (QED) is 0.444. The van der Waals surface area contributed by atoms with E-state index in [4.69, 9.17) is 0 Å². The van der Waals surface area contributed by atoms with Gasteiger partial charge in [0.15, 0.2) is 0 Å². The predicted octanol–water partition coefficient (Wildman–Crippen LogP) is 6.52. The Bertz CT molecular complexity index is 634. The molecule has 0 saturated heterocycles. The second-order valence-corrected chi connectivity index (χ2v) is 8.26. The van der Waals surface area contributed by atoms with Gasteiger partial charge in [0.2, 0.25) is 0 Å². The summed E-state index contributed by atoms with van der Waals surface area (Å²) in [6.45, 7) is 0. The molecule has 0 amide bonds. The van der Waals surface area contributed by atoms with Crippen molar-refractivity contribution < 1.29 is 0 Å². The average Bonchev–Trinajstić information content (AvgIpc) is 3.02. The van der Waals surface area contributed by atoms with Crippen molar-refractivity contribution in [3.05, 3.63) is 77.0 Å². The van der Waals surface area contributed by atoms with E-state index in [2.05, 4.69) is 79.0 Å². The summed E-state index contributed by atoms with van der Waals surface area (Å²) in [6, 6.07) is 13.2. The fourth-order valence-electron chi connectivity index (χ4n) is 2.05. The van der Waals surface area contributed by atoms with Crippen LogP contribution in [0.4, 0.5) is 0 Å². The standard InChI is InChI=1S/C16H12Br2S2/c17-13-5-7-19-15(13)9-11-1-2-12(4-3-11)10-16-14(18)6-8-20-16/h1-8H,9-10H2. The first-order valence-electron chi connectivity index (χ1n) is 6.24. The lowest BCUT2D eigenvalue weighted by Crippen LogP contribution is -1.89. The van der Waals surface area contributed by atoms with Crippen molar-refractivity contribution in [3.8, 4) is 0 Å². The van der Waals surface area contributed by atoms with Gasteiger partial charge in [0.25, 0.3) is 0 Å². The zero-order valence-corrected chi connectivity index (χ0v) is 15.4. The van der Waals surface area contributed by atoms with Crippen LogP contribution in [-0.4, -0.2) is 0 Å². The summed E-state index contributed by atoms with van der Waals surface area (Å²) in [5.74, 6) is 0. The summed E-state index contributed by atoms with van der Waals surface area (Å²) in [4.78, 5) is 2.78. The SMILES string of the molecule is Brc1ccsc1Cc1ccc(Cc2sccc2Br)cc1. The maximum atomic E-state index is 3.59. The van der Waals surface area contributed by atoms with E-state index in [9.17, 15) is 0 Å². The maximum absolute atomic E-state index is 3.59. The van der Waals surface area contributed by atoms with Gasteiger partial charge >= 0.3 is 0 Å². The molecule has 0 N–H and O–H groups in total. The third-order valence-corrected chi connectivity index (χ3v) is 6.99. The summed E-state index contributed by atoms with van der Waals surface area (Å²) in [5, 5.41) is 4.25. The van der Waals surface area contributed by atoms with Crippen molar-refractivity contribution >= 4 is 54.5 Å². The third kappa shape index (κ3) is 3.42. The summed E-state index contributed by atoms with van der Waals surface area (Å²) in [5.41, 5.74) is 2.73. The van der Waals surface area contributed by atoms with E-state index in [1.54, 1.807) is 22.7 Å². The van der Waals surface area contributed by atoms with E-state index in [-0.39, 0.29) is 0 Å². The van der Waals surface area contributed by atoms with Crippen molar-refractivity contribution in [2.24, 2.45) is 0 Å². The molecule has 1 aromatic carbocycles. The minimum absolute atomic E-state index is 1.00. The Morgan fingerprint density at radius 3 is 1.35 bits per heavy atom. The molecule has 0 saturated carbocycles. The monoisotopic (exact) mass is 426 g/mol. The minimum Gasteiger partial charge on any atom is -0.147 e. The van der Waals surface area contributed by atoms with E-state index in [1.807, 2.05) is 0 Å². The first kappa shape index (κ1) is 14.5. The lowest BCUT2D eigenvalue weighted by atomic mass is 10.1. The molecule has 0 radical (unpaired) electrons. The van der Waals surface area contributed by atoms with Crippen LogP contribution in [0.15, 0.2) is 56.1 Å². The normalized spacial score (nSPS) is 10.9. The number of rotatable bonds is 4. The molecular weight excluding hydrogens is 416 g/mol. The van der Waals surface area contributed by atoms with Gasteiger partial charge in [0.05, 0.1) is 0 Å². The van der Waals surface area contributed by atoms with Gasteiger partial charge in [0, 0.05) is 31.5 Å². The predicted molar refractivity (Wildman–Crippen MR) is 96.1 cm³/mol. The van der Waals surface area contributed by atoms with Crippen LogP contribution >= 0.6 is 54.5 Å². The van der Waals surface area contributed by atoms with E-state index >= 15 is 0 Å². The number of benzene rings is 1. The second kappa shape index (κ2) is 6.56. The highest BCUT2D eigenvalue weighted by Gasteiger charge is 2.05. The summed E-state index contributed by atoms with van der Waals surface area (Å²) < 4.78 is 2.43. The molecule has 0 bridgehead atoms. The third-order valence-electron chi connectivity index (χ3n) is 3.13. The average molecular weight is 428 g/mol. The molecule has 3 aromatic rings.